The number of rotatable bonds is 3. The quantitative estimate of drug-likeness (QED) is 0.856. The molecule has 1 unspecified atom stereocenters. The lowest BCUT2D eigenvalue weighted by Crippen LogP contribution is -2.46. The summed E-state index contributed by atoms with van der Waals surface area (Å²) in [7, 11) is 0. The van der Waals surface area contributed by atoms with E-state index in [2.05, 4.69) is 53.4 Å². The summed E-state index contributed by atoms with van der Waals surface area (Å²) in [5.74, 6) is 2.39. The Morgan fingerprint density at radius 1 is 1.18 bits per heavy atom. The molecule has 0 spiro atoms. The van der Waals surface area contributed by atoms with E-state index < -0.39 is 0 Å². The van der Waals surface area contributed by atoms with Crippen LogP contribution in [-0.4, -0.2) is 29.7 Å². The predicted octanol–water partition coefficient (Wildman–Crippen LogP) is 4.01. The Balaban J connectivity index is 1.47. The van der Waals surface area contributed by atoms with Gasteiger partial charge in [-0.2, -0.15) is 0 Å². The van der Waals surface area contributed by atoms with Gasteiger partial charge in [0.2, 0.25) is 0 Å². The maximum absolute atomic E-state index is 5.47. The maximum Gasteiger partial charge on any atom is 0.159 e. The first-order valence-electron chi connectivity index (χ1n) is 8.22. The van der Waals surface area contributed by atoms with Crippen LogP contribution >= 0.6 is 0 Å². The lowest BCUT2D eigenvalue weighted by atomic mass is 9.79. The number of hydrogen-bond acceptors (Lipinski definition) is 3. The van der Waals surface area contributed by atoms with Crippen molar-refractivity contribution in [3.63, 3.8) is 0 Å². The topological polar surface area (TPSA) is 29.3 Å². The monoisotopic (exact) mass is 294 g/mol. The van der Waals surface area contributed by atoms with Crippen molar-refractivity contribution in [3.8, 4) is 11.3 Å². The van der Waals surface area contributed by atoms with Crippen LogP contribution < -0.4 is 0 Å². The summed E-state index contributed by atoms with van der Waals surface area (Å²) in [5.41, 5.74) is 3.28. The van der Waals surface area contributed by atoms with Gasteiger partial charge in [0.05, 0.1) is 0 Å². The summed E-state index contributed by atoms with van der Waals surface area (Å²) in [5, 5.41) is 4.19. The van der Waals surface area contributed by atoms with Crippen LogP contribution in [0, 0.1) is 18.8 Å². The Morgan fingerprint density at radius 2 is 1.95 bits per heavy atom. The van der Waals surface area contributed by atoms with E-state index in [1.165, 1.54) is 38.0 Å². The standard InChI is InChI=1S/C19H22N2O/c1-14-2-4-16(5-3-14)19-12-18(22-20-19)7-6-17-13-21-10-8-15(17)9-11-21/h2-7,12,15,17H,8-11,13H2,1H3. The molecule has 2 aromatic rings. The van der Waals surface area contributed by atoms with Crippen LogP contribution in [0.4, 0.5) is 0 Å². The third-order valence-corrected chi connectivity index (χ3v) is 5.09. The largest absolute Gasteiger partial charge is 0.356 e. The lowest BCUT2D eigenvalue weighted by molar-refractivity contribution is 0.0739. The molecule has 3 nitrogen and oxygen atoms in total. The molecule has 3 saturated heterocycles. The molecule has 1 atom stereocenters. The van der Waals surface area contributed by atoms with Gasteiger partial charge >= 0.3 is 0 Å². The lowest BCUT2D eigenvalue weighted by Gasteiger charge is -2.43. The number of piperidine rings is 3. The summed E-state index contributed by atoms with van der Waals surface area (Å²) in [4.78, 5) is 2.58. The molecule has 0 aliphatic carbocycles. The van der Waals surface area contributed by atoms with Gasteiger partial charge in [0.15, 0.2) is 5.76 Å². The second-order valence-corrected chi connectivity index (χ2v) is 6.64. The zero-order chi connectivity index (χ0) is 14.9. The highest BCUT2D eigenvalue weighted by molar-refractivity contribution is 5.61. The number of hydrogen-bond donors (Lipinski definition) is 0. The fourth-order valence-electron chi connectivity index (χ4n) is 3.68. The molecule has 3 aliphatic heterocycles. The van der Waals surface area contributed by atoms with E-state index in [-0.39, 0.29) is 0 Å². The summed E-state index contributed by atoms with van der Waals surface area (Å²) in [6, 6.07) is 10.4. The van der Waals surface area contributed by atoms with Gasteiger partial charge in [-0.05, 0) is 50.8 Å². The van der Waals surface area contributed by atoms with Gasteiger partial charge < -0.3 is 9.42 Å². The Labute approximate surface area is 131 Å². The van der Waals surface area contributed by atoms with Crippen LogP contribution in [0.15, 0.2) is 40.9 Å². The zero-order valence-electron chi connectivity index (χ0n) is 13.0. The van der Waals surface area contributed by atoms with Crippen LogP contribution in [0.3, 0.4) is 0 Å². The summed E-state index contributed by atoms with van der Waals surface area (Å²) in [6.45, 7) is 5.87. The molecule has 3 fully saturated rings. The summed E-state index contributed by atoms with van der Waals surface area (Å²) in [6.07, 6.45) is 7.13. The minimum absolute atomic E-state index is 0.676. The SMILES string of the molecule is Cc1ccc(-c2cc(C=CC3CN4CCC3CC4)on2)cc1. The minimum atomic E-state index is 0.676. The molecule has 5 rings (SSSR count). The van der Waals surface area contributed by atoms with Gasteiger partial charge in [0.1, 0.15) is 5.69 Å². The van der Waals surface area contributed by atoms with Crippen molar-refractivity contribution in [3.05, 3.63) is 47.7 Å². The fourth-order valence-corrected chi connectivity index (χ4v) is 3.68. The normalized spacial score (nSPS) is 27.6. The van der Waals surface area contributed by atoms with Crippen LogP contribution in [0.1, 0.15) is 24.2 Å². The van der Waals surface area contributed by atoms with E-state index in [1.807, 2.05) is 6.07 Å². The van der Waals surface area contributed by atoms with Crippen molar-refractivity contribution in [1.82, 2.24) is 10.1 Å². The van der Waals surface area contributed by atoms with Gasteiger partial charge in [0.25, 0.3) is 0 Å². The molecular formula is C19H22N2O. The molecule has 3 heteroatoms. The number of fused-ring (bicyclic) bond motifs is 3. The summed E-state index contributed by atoms with van der Waals surface area (Å²) >= 11 is 0. The second kappa shape index (κ2) is 5.73. The van der Waals surface area contributed by atoms with Gasteiger partial charge in [-0.15, -0.1) is 0 Å². The molecule has 1 aromatic heterocycles. The molecule has 0 radical (unpaired) electrons. The highest BCUT2D eigenvalue weighted by Gasteiger charge is 2.32. The van der Waals surface area contributed by atoms with Crippen LogP contribution in [0.25, 0.3) is 17.3 Å². The number of aromatic nitrogens is 1. The summed E-state index contributed by atoms with van der Waals surface area (Å²) < 4.78 is 5.47. The Morgan fingerprint density at radius 3 is 2.64 bits per heavy atom. The van der Waals surface area contributed by atoms with E-state index >= 15 is 0 Å². The Hall–Kier alpha value is -1.87. The van der Waals surface area contributed by atoms with Gasteiger partial charge in [-0.25, -0.2) is 0 Å². The number of benzene rings is 1. The van der Waals surface area contributed by atoms with Crippen molar-refractivity contribution in [2.45, 2.75) is 19.8 Å². The fraction of sp³-hybridized carbons (Fsp3) is 0.421. The molecule has 0 amide bonds. The zero-order valence-corrected chi connectivity index (χ0v) is 13.0. The average Bonchev–Trinajstić information content (AvgIpc) is 3.04. The first kappa shape index (κ1) is 13.8. The molecule has 22 heavy (non-hydrogen) atoms. The molecule has 2 bridgehead atoms. The molecular weight excluding hydrogens is 272 g/mol. The van der Waals surface area contributed by atoms with Gasteiger partial charge in [-0.1, -0.05) is 41.1 Å². The highest BCUT2D eigenvalue weighted by atomic mass is 16.5. The van der Waals surface area contributed by atoms with E-state index in [4.69, 9.17) is 4.52 Å². The number of nitrogens with zero attached hydrogens (tertiary/aromatic N) is 2. The van der Waals surface area contributed by atoms with Gasteiger partial charge in [0, 0.05) is 18.2 Å². The molecule has 4 heterocycles. The second-order valence-electron chi connectivity index (χ2n) is 6.64. The Kier molecular flexibility index (Phi) is 3.59. The van der Waals surface area contributed by atoms with Crippen molar-refractivity contribution in [2.24, 2.45) is 11.8 Å². The predicted molar refractivity (Wildman–Crippen MR) is 88.4 cm³/mol. The van der Waals surface area contributed by atoms with Crippen molar-refractivity contribution >= 4 is 6.08 Å². The van der Waals surface area contributed by atoms with E-state index in [9.17, 15) is 0 Å². The molecule has 0 N–H and O–H groups in total. The van der Waals surface area contributed by atoms with E-state index in [0.717, 1.165) is 22.9 Å². The van der Waals surface area contributed by atoms with E-state index in [0.29, 0.717) is 5.92 Å². The third kappa shape index (κ3) is 2.73. The van der Waals surface area contributed by atoms with Crippen LogP contribution in [-0.2, 0) is 0 Å². The Bertz CT molecular complexity index is 663. The van der Waals surface area contributed by atoms with Crippen molar-refractivity contribution in [1.29, 1.82) is 0 Å². The minimum Gasteiger partial charge on any atom is -0.356 e. The average molecular weight is 294 g/mol. The molecule has 3 aliphatic rings. The first-order valence-corrected chi connectivity index (χ1v) is 8.22. The van der Waals surface area contributed by atoms with Crippen molar-refractivity contribution < 1.29 is 4.52 Å². The van der Waals surface area contributed by atoms with Crippen LogP contribution in [0.5, 0.6) is 0 Å². The van der Waals surface area contributed by atoms with Gasteiger partial charge in [-0.3, -0.25) is 0 Å². The third-order valence-electron chi connectivity index (χ3n) is 5.09. The highest BCUT2D eigenvalue weighted by Crippen LogP contribution is 2.33. The maximum atomic E-state index is 5.47. The van der Waals surface area contributed by atoms with E-state index in [1.54, 1.807) is 0 Å². The first-order chi connectivity index (χ1) is 10.8. The molecule has 0 saturated carbocycles. The smallest absolute Gasteiger partial charge is 0.159 e. The van der Waals surface area contributed by atoms with Crippen LogP contribution in [0.2, 0.25) is 0 Å². The molecule has 1 aromatic carbocycles. The molecule has 114 valence electrons. The van der Waals surface area contributed by atoms with Crippen molar-refractivity contribution in [2.75, 3.05) is 19.6 Å². The number of aryl methyl sites for hydroxylation is 1.